The van der Waals surface area contributed by atoms with Gasteiger partial charge in [-0.3, -0.25) is 4.79 Å². The van der Waals surface area contributed by atoms with Gasteiger partial charge in [0.15, 0.2) is 0 Å². The highest BCUT2D eigenvalue weighted by Crippen LogP contribution is 2.35. The highest BCUT2D eigenvalue weighted by atomic mass is 32.2. The van der Waals surface area contributed by atoms with Crippen LogP contribution in [0, 0.1) is 5.82 Å². The molecule has 0 bridgehead atoms. The summed E-state index contributed by atoms with van der Waals surface area (Å²) >= 11 is 1.60. The van der Waals surface area contributed by atoms with Crippen molar-refractivity contribution in [3.05, 3.63) is 53.3 Å². The van der Waals surface area contributed by atoms with Crippen molar-refractivity contribution in [2.45, 2.75) is 24.4 Å². The van der Waals surface area contributed by atoms with Gasteiger partial charge in [-0.25, -0.2) is 8.70 Å². The second kappa shape index (κ2) is 8.11. The number of piperazine rings is 1. The van der Waals surface area contributed by atoms with Crippen molar-refractivity contribution < 1.29 is 22.4 Å². The fourth-order valence-electron chi connectivity index (χ4n) is 3.87. The lowest BCUT2D eigenvalue weighted by molar-refractivity contribution is -0.137. The molecule has 1 amide bonds. The SMILES string of the molecule is CC(=O)N1CCc2cc(SN3CCN(c4cc(F)cc(C(F)(F)F)c4)CC3)ccc21. The van der Waals surface area contributed by atoms with Crippen molar-refractivity contribution in [2.75, 3.05) is 42.5 Å². The Morgan fingerprint density at radius 1 is 1.00 bits per heavy atom. The number of amides is 1. The summed E-state index contributed by atoms with van der Waals surface area (Å²) < 4.78 is 54.7. The normalized spacial score (nSPS) is 17.4. The van der Waals surface area contributed by atoms with Gasteiger partial charge in [-0.05, 0) is 60.3 Å². The Morgan fingerprint density at radius 2 is 1.73 bits per heavy atom. The first-order valence-electron chi connectivity index (χ1n) is 9.67. The molecule has 0 aliphatic carbocycles. The number of nitrogens with zero attached hydrogens (tertiary/aromatic N) is 3. The number of anilines is 2. The predicted molar refractivity (Wildman–Crippen MR) is 109 cm³/mol. The molecule has 1 fully saturated rings. The van der Waals surface area contributed by atoms with E-state index in [0.29, 0.717) is 38.8 Å². The average molecular weight is 439 g/mol. The van der Waals surface area contributed by atoms with Crippen LogP contribution in [0.1, 0.15) is 18.1 Å². The number of carbonyl (C=O) groups is 1. The third-order valence-electron chi connectivity index (χ3n) is 5.37. The molecule has 0 aromatic heterocycles. The van der Waals surface area contributed by atoms with E-state index in [1.165, 1.54) is 0 Å². The van der Waals surface area contributed by atoms with Crippen LogP contribution in [0.2, 0.25) is 0 Å². The van der Waals surface area contributed by atoms with Crippen LogP contribution in [0.4, 0.5) is 28.9 Å². The van der Waals surface area contributed by atoms with E-state index in [-0.39, 0.29) is 11.6 Å². The summed E-state index contributed by atoms with van der Waals surface area (Å²) in [6.07, 6.45) is -3.74. The molecular weight excluding hydrogens is 418 g/mol. The highest BCUT2D eigenvalue weighted by Gasteiger charge is 2.32. The minimum atomic E-state index is -4.57. The zero-order valence-electron chi connectivity index (χ0n) is 16.4. The van der Waals surface area contributed by atoms with Crippen LogP contribution in [-0.2, 0) is 17.4 Å². The molecule has 1 saturated heterocycles. The molecule has 0 saturated carbocycles. The lowest BCUT2D eigenvalue weighted by atomic mass is 10.1. The van der Waals surface area contributed by atoms with Crippen molar-refractivity contribution in [2.24, 2.45) is 0 Å². The minimum Gasteiger partial charge on any atom is -0.369 e. The minimum absolute atomic E-state index is 0.0382. The largest absolute Gasteiger partial charge is 0.416 e. The second-order valence-electron chi connectivity index (χ2n) is 7.41. The summed E-state index contributed by atoms with van der Waals surface area (Å²) in [6.45, 7) is 4.56. The molecule has 2 aromatic rings. The third-order valence-corrected chi connectivity index (χ3v) is 6.46. The summed E-state index contributed by atoms with van der Waals surface area (Å²) in [5, 5.41) is 0. The first-order chi connectivity index (χ1) is 14.2. The van der Waals surface area contributed by atoms with Gasteiger partial charge in [-0.1, -0.05) is 0 Å². The van der Waals surface area contributed by atoms with Gasteiger partial charge in [0, 0.05) is 55.9 Å². The molecule has 2 aliphatic rings. The molecule has 2 heterocycles. The van der Waals surface area contributed by atoms with Crippen molar-refractivity contribution in [3.63, 3.8) is 0 Å². The Hall–Kier alpha value is -2.26. The van der Waals surface area contributed by atoms with Gasteiger partial charge in [0.1, 0.15) is 5.82 Å². The van der Waals surface area contributed by atoms with Crippen molar-refractivity contribution in [1.29, 1.82) is 0 Å². The fourth-order valence-corrected chi connectivity index (χ4v) is 4.84. The fraction of sp³-hybridized carbons (Fsp3) is 0.381. The van der Waals surface area contributed by atoms with E-state index in [2.05, 4.69) is 10.4 Å². The topological polar surface area (TPSA) is 26.8 Å². The zero-order valence-corrected chi connectivity index (χ0v) is 17.2. The number of halogens is 4. The number of hydrogen-bond acceptors (Lipinski definition) is 4. The van der Waals surface area contributed by atoms with Crippen LogP contribution >= 0.6 is 11.9 Å². The number of rotatable bonds is 3. The molecular formula is C21H21F4N3OS. The first-order valence-corrected chi connectivity index (χ1v) is 10.4. The van der Waals surface area contributed by atoms with Gasteiger partial charge in [0.05, 0.1) is 5.56 Å². The molecule has 0 atom stereocenters. The molecule has 160 valence electrons. The Kier molecular flexibility index (Phi) is 5.67. The summed E-state index contributed by atoms with van der Waals surface area (Å²) in [5.74, 6) is -0.842. The number of fused-ring (bicyclic) bond motifs is 1. The second-order valence-corrected chi connectivity index (χ2v) is 8.58. The van der Waals surface area contributed by atoms with Crippen molar-refractivity contribution in [3.8, 4) is 0 Å². The molecule has 2 aromatic carbocycles. The van der Waals surface area contributed by atoms with Gasteiger partial charge in [-0.2, -0.15) is 13.2 Å². The Labute approximate surface area is 176 Å². The number of benzene rings is 2. The summed E-state index contributed by atoms with van der Waals surface area (Å²) in [7, 11) is 0. The van der Waals surface area contributed by atoms with Gasteiger partial charge in [-0.15, -0.1) is 0 Å². The summed E-state index contributed by atoms with van der Waals surface area (Å²) in [5.41, 5.74) is 1.40. The number of alkyl halides is 3. The third kappa shape index (κ3) is 4.41. The lowest BCUT2D eigenvalue weighted by Gasteiger charge is -2.35. The Morgan fingerprint density at radius 3 is 2.40 bits per heavy atom. The van der Waals surface area contributed by atoms with Crippen LogP contribution in [-0.4, -0.2) is 42.9 Å². The number of carbonyl (C=O) groups excluding carboxylic acids is 1. The molecule has 30 heavy (non-hydrogen) atoms. The highest BCUT2D eigenvalue weighted by molar-refractivity contribution is 7.97. The van der Waals surface area contributed by atoms with Gasteiger partial charge >= 0.3 is 6.18 Å². The maximum Gasteiger partial charge on any atom is 0.416 e. The van der Waals surface area contributed by atoms with E-state index in [4.69, 9.17) is 0 Å². The predicted octanol–water partition coefficient (Wildman–Crippen LogP) is 4.58. The van der Waals surface area contributed by atoms with Crippen molar-refractivity contribution >= 4 is 29.2 Å². The first kappa shape index (κ1) is 21.0. The Bertz CT molecular complexity index is 958. The van der Waals surface area contributed by atoms with E-state index < -0.39 is 17.6 Å². The number of hydrogen-bond donors (Lipinski definition) is 0. The molecule has 0 unspecified atom stereocenters. The van der Waals surface area contributed by atoms with Crippen LogP contribution in [0.25, 0.3) is 0 Å². The van der Waals surface area contributed by atoms with Gasteiger partial charge in [0.2, 0.25) is 5.91 Å². The molecule has 9 heteroatoms. The van der Waals surface area contributed by atoms with E-state index in [1.54, 1.807) is 28.7 Å². The molecule has 4 nitrogen and oxygen atoms in total. The molecule has 2 aliphatic heterocycles. The zero-order chi connectivity index (χ0) is 21.5. The van der Waals surface area contributed by atoms with Gasteiger partial charge in [0.25, 0.3) is 0 Å². The summed E-state index contributed by atoms with van der Waals surface area (Å²) in [4.78, 5) is 16.3. The maximum absolute atomic E-state index is 13.7. The molecule has 0 N–H and O–H groups in total. The van der Waals surface area contributed by atoms with Gasteiger partial charge < -0.3 is 9.80 Å². The van der Waals surface area contributed by atoms with Crippen molar-refractivity contribution in [1.82, 2.24) is 4.31 Å². The van der Waals surface area contributed by atoms with Crippen LogP contribution in [0.3, 0.4) is 0 Å². The molecule has 0 radical (unpaired) electrons. The molecule has 4 rings (SSSR count). The lowest BCUT2D eigenvalue weighted by Crippen LogP contribution is -2.43. The standard InChI is InChI=1S/C21H21F4N3OS/c1-14(29)28-5-4-15-10-19(2-3-20(15)28)30-27-8-6-26(7-9-27)18-12-16(21(23,24)25)11-17(22)13-18/h2-3,10-13H,4-9H2,1H3. The smallest absolute Gasteiger partial charge is 0.369 e. The monoisotopic (exact) mass is 439 g/mol. The average Bonchev–Trinajstić information content (AvgIpc) is 3.11. The van der Waals surface area contributed by atoms with Crippen LogP contribution in [0.15, 0.2) is 41.3 Å². The Balaban J connectivity index is 1.39. The molecule has 0 spiro atoms. The van der Waals surface area contributed by atoms with Crippen LogP contribution in [0.5, 0.6) is 0 Å². The van der Waals surface area contributed by atoms with E-state index >= 15 is 0 Å². The summed E-state index contributed by atoms with van der Waals surface area (Å²) in [6, 6.07) is 8.73. The quantitative estimate of drug-likeness (QED) is 0.517. The van der Waals surface area contributed by atoms with E-state index in [9.17, 15) is 22.4 Å². The maximum atomic E-state index is 13.7. The van der Waals surface area contributed by atoms with E-state index in [1.807, 2.05) is 12.1 Å². The van der Waals surface area contributed by atoms with Crippen LogP contribution < -0.4 is 9.80 Å². The van der Waals surface area contributed by atoms with E-state index in [0.717, 1.165) is 34.7 Å².